The molecule has 0 radical (unpaired) electrons. The zero-order chi connectivity index (χ0) is 20.4. The van der Waals surface area contributed by atoms with E-state index in [0.29, 0.717) is 5.56 Å². The molecule has 0 spiro atoms. The summed E-state index contributed by atoms with van der Waals surface area (Å²) in [4.78, 5) is 26.2. The zero-order valence-electron chi connectivity index (χ0n) is 16.3. The van der Waals surface area contributed by atoms with Gasteiger partial charge in [-0.2, -0.15) is 0 Å². The lowest BCUT2D eigenvalue weighted by Gasteiger charge is -2.38. The zero-order valence-corrected chi connectivity index (χ0v) is 17.9. The molecule has 2 N–H and O–H groups in total. The van der Waals surface area contributed by atoms with Crippen LogP contribution in [0.2, 0.25) is 0 Å². The van der Waals surface area contributed by atoms with E-state index in [4.69, 9.17) is 4.74 Å². The molecule has 2 amide bonds. The predicted molar refractivity (Wildman–Crippen MR) is 114 cm³/mol. The molecular weight excluding hydrogens is 434 g/mol. The van der Waals surface area contributed by atoms with Gasteiger partial charge in [-0.05, 0) is 48.7 Å². The maximum absolute atomic E-state index is 13.3. The summed E-state index contributed by atoms with van der Waals surface area (Å²) in [5.41, 5.74) is 5.03. The molecular formula is C22H24BrN3O3. The van der Waals surface area contributed by atoms with Crippen LogP contribution in [0.15, 0.2) is 46.9 Å². The number of methoxy groups -OCH3 is 1. The van der Waals surface area contributed by atoms with Crippen molar-refractivity contribution in [3.63, 3.8) is 0 Å². The Hall–Kier alpha value is -2.54. The minimum absolute atomic E-state index is 0.0445. The van der Waals surface area contributed by atoms with E-state index in [2.05, 4.69) is 26.7 Å². The molecule has 4 rings (SSSR count). The van der Waals surface area contributed by atoms with Crippen LogP contribution in [0, 0.1) is 5.92 Å². The molecule has 0 aromatic heterocycles. The van der Waals surface area contributed by atoms with Gasteiger partial charge in [0.2, 0.25) is 5.91 Å². The molecule has 0 saturated heterocycles. The number of nitrogens with zero attached hydrogens (tertiary/aromatic N) is 1. The van der Waals surface area contributed by atoms with Crippen molar-refractivity contribution in [2.75, 3.05) is 12.4 Å². The highest BCUT2D eigenvalue weighted by atomic mass is 79.9. The first-order valence-electron chi connectivity index (χ1n) is 9.91. The van der Waals surface area contributed by atoms with Gasteiger partial charge in [-0.3, -0.25) is 15.0 Å². The Morgan fingerprint density at radius 3 is 2.55 bits per heavy atom. The van der Waals surface area contributed by atoms with Crippen LogP contribution in [0.1, 0.15) is 54.2 Å². The van der Waals surface area contributed by atoms with E-state index in [1.54, 1.807) is 13.2 Å². The smallest absolute Gasteiger partial charge is 0.276 e. The molecule has 1 atom stereocenters. The van der Waals surface area contributed by atoms with E-state index in [0.717, 1.165) is 47.2 Å². The quantitative estimate of drug-likeness (QED) is 0.701. The molecule has 1 aliphatic heterocycles. The number of hydrogen-bond donors (Lipinski definition) is 2. The van der Waals surface area contributed by atoms with Crippen LogP contribution < -0.4 is 15.5 Å². The Balaban J connectivity index is 1.66. The number of ether oxygens (including phenoxy) is 1. The van der Waals surface area contributed by atoms with E-state index >= 15 is 0 Å². The Labute approximate surface area is 178 Å². The Kier molecular flexibility index (Phi) is 5.76. The molecule has 2 aromatic rings. The molecule has 7 heteroatoms. The minimum atomic E-state index is -0.505. The van der Waals surface area contributed by atoms with Crippen molar-refractivity contribution in [3.05, 3.63) is 58.1 Å². The fourth-order valence-corrected chi connectivity index (χ4v) is 4.35. The van der Waals surface area contributed by atoms with Crippen molar-refractivity contribution >= 4 is 33.4 Å². The van der Waals surface area contributed by atoms with E-state index in [-0.39, 0.29) is 17.7 Å². The van der Waals surface area contributed by atoms with E-state index in [1.807, 2.05) is 36.4 Å². The third-order valence-corrected chi connectivity index (χ3v) is 6.11. The van der Waals surface area contributed by atoms with Crippen LogP contribution in [0.3, 0.4) is 0 Å². The number of halogens is 1. The number of rotatable bonds is 4. The molecule has 1 unspecified atom stereocenters. The van der Waals surface area contributed by atoms with Crippen molar-refractivity contribution in [1.29, 1.82) is 0 Å². The van der Waals surface area contributed by atoms with Crippen molar-refractivity contribution in [2.45, 2.75) is 38.3 Å². The van der Waals surface area contributed by atoms with Crippen LogP contribution in [-0.2, 0) is 4.79 Å². The summed E-state index contributed by atoms with van der Waals surface area (Å²) < 4.78 is 6.05. The average molecular weight is 458 g/mol. The van der Waals surface area contributed by atoms with Crippen molar-refractivity contribution < 1.29 is 14.3 Å². The third kappa shape index (κ3) is 4.10. The van der Waals surface area contributed by atoms with Gasteiger partial charge < -0.3 is 10.1 Å². The number of amides is 2. The van der Waals surface area contributed by atoms with Gasteiger partial charge in [-0.1, -0.05) is 47.3 Å². The first kappa shape index (κ1) is 19.8. The molecule has 1 aliphatic carbocycles. The summed E-state index contributed by atoms with van der Waals surface area (Å²) in [7, 11) is 1.61. The summed E-state index contributed by atoms with van der Waals surface area (Å²) in [6.45, 7) is 0. The number of hydrogen-bond acceptors (Lipinski definition) is 4. The number of hydrazine groups is 1. The second-order valence-corrected chi connectivity index (χ2v) is 8.41. The summed E-state index contributed by atoms with van der Waals surface area (Å²) in [5.74, 6) is 0.372. The van der Waals surface area contributed by atoms with Crippen molar-refractivity contribution in [2.24, 2.45) is 5.92 Å². The lowest BCUT2D eigenvalue weighted by atomic mass is 9.89. The molecule has 2 aromatic carbocycles. The summed E-state index contributed by atoms with van der Waals surface area (Å²) in [6.07, 6.45) is 4.52. The van der Waals surface area contributed by atoms with Gasteiger partial charge in [0.15, 0.2) is 0 Å². The molecule has 0 bridgehead atoms. The molecule has 29 heavy (non-hydrogen) atoms. The van der Waals surface area contributed by atoms with Crippen LogP contribution in [0.5, 0.6) is 5.75 Å². The van der Waals surface area contributed by atoms with Crippen LogP contribution >= 0.6 is 15.9 Å². The van der Waals surface area contributed by atoms with Gasteiger partial charge in [0, 0.05) is 16.1 Å². The standard InChI is InChI=1S/C22H24BrN3O3/c1-29-17-10-7-14(8-11-17)20-24-19-12-9-16(23)13-18(19)22(28)26(20)25-21(27)15-5-3-2-4-6-15/h7-13,15,20,24H,2-6H2,1H3,(H,25,27). The number of benzene rings is 2. The third-order valence-electron chi connectivity index (χ3n) is 5.62. The monoisotopic (exact) mass is 457 g/mol. The fourth-order valence-electron chi connectivity index (χ4n) is 3.99. The molecule has 6 nitrogen and oxygen atoms in total. The van der Waals surface area contributed by atoms with Gasteiger partial charge in [0.05, 0.1) is 12.7 Å². The van der Waals surface area contributed by atoms with Crippen LogP contribution in [-0.4, -0.2) is 23.9 Å². The largest absolute Gasteiger partial charge is 0.497 e. The normalized spacial score (nSPS) is 19.3. The lowest BCUT2D eigenvalue weighted by molar-refractivity contribution is -0.130. The molecule has 1 saturated carbocycles. The lowest BCUT2D eigenvalue weighted by Crippen LogP contribution is -2.54. The first-order valence-corrected chi connectivity index (χ1v) is 10.7. The van der Waals surface area contributed by atoms with E-state index in [9.17, 15) is 9.59 Å². The maximum atomic E-state index is 13.3. The second-order valence-electron chi connectivity index (χ2n) is 7.50. The molecule has 1 heterocycles. The van der Waals surface area contributed by atoms with Gasteiger partial charge in [-0.25, -0.2) is 5.01 Å². The van der Waals surface area contributed by atoms with Crippen molar-refractivity contribution in [1.82, 2.24) is 10.4 Å². The van der Waals surface area contributed by atoms with Gasteiger partial charge in [0.1, 0.15) is 11.9 Å². The Bertz CT molecular complexity index is 910. The number of anilines is 1. The summed E-state index contributed by atoms with van der Waals surface area (Å²) in [6, 6.07) is 13.0. The number of nitrogens with one attached hydrogen (secondary N) is 2. The highest BCUT2D eigenvalue weighted by Crippen LogP contribution is 2.34. The van der Waals surface area contributed by atoms with E-state index in [1.165, 1.54) is 11.4 Å². The highest BCUT2D eigenvalue weighted by molar-refractivity contribution is 9.10. The van der Waals surface area contributed by atoms with Crippen LogP contribution in [0.25, 0.3) is 0 Å². The minimum Gasteiger partial charge on any atom is -0.497 e. The SMILES string of the molecule is COc1ccc(C2Nc3ccc(Br)cc3C(=O)N2NC(=O)C2CCCCC2)cc1. The number of fused-ring (bicyclic) bond motifs is 1. The van der Waals surface area contributed by atoms with Gasteiger partial charge >= 0.3 is 0 Å². The van der Waals surface area contributed by atoms with E-state index < -0.39 is 6.17 Å². The van der Waals surface area contributed by atoms with Gasteiger partial charge in [-0.15, -0.1) is 0 Å². The molecule has 2 aliphatic rings. The summed E-state index contributed by atoms with van der Waals surface area (Å²) in [5, 5.41) is 4.82. The fraction of sp³-hybridized carbons (Fsp3) is 0.364. The number of carbonyl (C=O) groups is 2. The van der Waals surface area contributed by atoms with Gasteiger partial charge in [0.25, 0.3) is 5.91 Å². The summed E-state index contributed by atoms with van der Waals surface area (Å²) >= 11 is 3.43. The average Bonchev–Trinajstić information content (AvgIpc) is 2.76. The molecule has 152 valence electrons. The molecule has 1 fully saturated rings. The predicted octanol–water partition coefficient (Wildman–Crippen LogP) is 4.64. The topological polar surface area (TPSA) is 70.7 Å². The van der Waals surface area contributed by atoms with Crippen LogP contribution in [0.4, 0.5) is 5.69 Å². The highest BCUT2D eigenvalue weighted by Gasteiger charge is 2.36. The van der Waals surface area contributed by atoms with Crippen molar-refractivity contribution in [3.8, 4) is 5.75 Å². The Morgan fingerprint density at radius 2 is 1.86 bits per heavy atom. The first-order chi connectivity index (χ1) is 14.1. The Morgan fingerprint density at radius 1 is 1.14 bits per heavy atom. The second kappa shape index (κ2) is 8.45. The maximum Gasteiger partial charge on any atom is 0.276 e. The number of carbonyl (C=O) groups excluding carboxylic acids is 2.